The first-order chi connectivity index (χ1) is 9.11. The van der Waals surface area contributed by atoms with Gasteiger partial charge in [0, 0.05) is 27.0 Å². The van der Waals surface area contributed by atoms with Gasteiger partial charge in [-0.25, -0.2) is 0 Å². The van der Waals surface area contributed by atoms with E-state index in [0.717, 1.165) is 10.0 Å². The second-order valence-electron chi connectivity index (χ2n) is 4.33. The van der Waals surface area contributed by atoms with E-state index in [0.29, 0.717) is 5.75 Å². The van der Waals surface area contributed by atoms with Crippen molar-refractivity contribution >= 4 is 48.5 Å². The molecule has 0 saturated heterocycles. The van der Waals surface area contributed by atoms with Gasteiger partial charge < -0.3 is 0 Å². The lowest BCUT2D eigenvalue weighted by atomic mass is 9.89. The van der Waals surface area contributed by atoms with Gasteiger partial charge >= 0.3 is 0 Å². The molecule has 0 radical (unpaired) electrons. The molecule has 0 aliphatic carbocycles. The minimum Gasteiger partial charge on any atom is -0.178 e. The molecule has 0 fully saturated rings. The fourth-order valence-corrected chi connectivity index (χ4v) is 2.89. The molecule has 1 unspecified atom stereocenters. The summed E-state index contributed by atoms with van der Waals surface area (Å²) in [5, 5.41) is 1.60. The van der Waals surface area contributed by atoms with Gasteiger partial charge in [-0.05, 0) is 35.4 Å². The molecule has 0 saturated carbocycles. The van der Waals surface area contributed by atoms with Gasteiger partial charge in [-0.3, -0.25) is 0 Å². The van der Waals surface area contributed by atoms with Crippen LogP contribution in [0.5, 0.6) is 0 Å². The molecule has 2 aromatic carbocycles. The average Bonchev–Trinajstić information content (AvgIpc) is 2.43. The molecule has 19 heavy (non-hydrogen) atoms. The molecule has 2 rings (SSSR count). The van der Waals surface area contributed by atoms with Crippen molar-refractivity contribution < 1.29 is 0 Å². The molecule has 0 spiro atoms. The molecule has 4 heteroatoms. The lowest BCUT2D eigenvalue weighted by Gasteiger charge is -2.23. The smallest absolute Gasteiger partial charge is 0.0406 e. The zero-order chi connectivity index (χ0) is 13.8. The minimum absolute atomic E-state index is 0.130. The van der Waals surface area contributed by atoms with Gasteiger partial charge in [0.15, 0.2) is 0 Å². The summed E-state index contributed by atoms with van der Waals surface area (Å²) >= 11 is 20.9. The molecule has 0 aliphatic heterocycles. The summed E-state index contributed by atoms with van der Waals surface area (Å²) in [6.45, 7) is 0. The third-order valence-electron chi connectivity index (χ3n) is 3.03. The first kappa shape index (κ1) is 15.1. The molecule has 0 nitrogen and oxygen atoms in total. The molecule has 0 N–H and O–H groups in total. The van der Waals surface area contributed by atoms with Crippen molar-refractivity contribution in [2.45, 2.75) is 11.2 Å². The van der Waals surface area contributed by atoms with E-state index >= 15 is 0 Å². The SMILES string of the molecule is SCC(S)C(c1ccc(Cl)cc1)c1ccc(Cl)cc1. The second-order valence-corrected chi connectivity index (χ2v) is 6.23. The summed E-state index contributed by atoms with van der Waals surface area (Å²) in [6.07, 6.45) is 0. The largest absolute Gasteiger partial charge is 0.178 e. The van der Waals surface area contributed by atoms with Crippen LogP contribution in [0.1, 0.15) is 17.0 Å². The Kier molecular flexibility index (Phi) is 5.52. The van der Waals surface area contributed by atoms with Crippen molar-refractivity contribution in [1.82, 2.24) is 0 Å². The highest BCUT2D eigenvalue weighted by molar-refractivity contribution is 7.84. The van der Waals surface area contributed by atoms with Crippen LogP contribution < -0.4 is 0 Å². The fraction of sp³-hybridized carbons (Fsp3) is 0.200. The van der Waals surface area contributed by atoms with Crippen molar-refractivity contribution in [2.24, 2.45) is 0 Å². The Labute approximate surface area is 134 Å². The lowest BCUT2D eigenvalue weighted by molar-refractivity contribution is 0.809. The quantitative estimate of drug-likeness (QED) is 0.694. The zero-order valence-corrected chi connectivity index (χ0v) is 13.4. The highest BCUT2D eigenvalue weighted by atomic mass is 35.5. The van der Waals surface area contributed by atoms with Gasteiger partial charge in [0.1, 0.15) is 0 Å². The predicted octanol–water partition coefficient (Wildman–Crippen LogP) is 5.35. The minimum atomic E-state index is 0.130. The summed E-state index contributed by atoms with van der Waals surface area (Å²) in [5.74, 6) is 0.870. The van der Waals surface area contributed by atoms with E-state index in [4.69, 9.17) is 23.2 Å². The van der Waals surface area contributed by atoms with Gasteiger partial charge in [-0.1, -0.05) is 47.5 Å². The van der Waals surface area contributed by atoms with Crippen molar-refractivity contribution in [1.29, 1.82) is 0 Å². The first-order valence-electron chi connectivity index (χ1n) is 5.91. The normalized spacial score (nSPS) is 12.7. The molecule has 1 atom stereocenters. The number of halogens is 2. The third kappa shape index (κ3) is 3.85. The zero-order valence-electron chi connectivity index (χ0n) is 10.1. The van der Waals surface area contributed by atoms with Crippen molar-refractivity contribution in [3.8, 4) is 0 Å². The van der Waals surface area contributed by atoms with E-state index in [9.17, 15) is 0 Å². The molecular weight excluding hydrogens is 315 g/mol. The molecule has 0 aromatic heterocycles. The highest BCUT2D eigenvalue weighted by Crippen LogP contribution is 2.32. The van der Waals surface area contributed by atoms with Crippen LogP contribution in [0.2, 0.25) is 10.0 Å². The second kappa shape index (κ2) is 6.94. The van der Waals surface area contributed by atoms with E-state index in [-0.39, 0.29) is 11.2 Å². The summed E-state index contributed by atoms with van der Waals surface area (Å²) in [6, 6.07) is 15.8. The van der Waals surface area contributed by atoms with Crippen LogP contribution >= 0.6 is 48.5 Å². The van der Waals surface area contributed by atoms with Crippen LogP contribution in [-0.2, 0) is 0 Å². The Bertz CT molecular complexity index is 477. The topological polar surface area (TPSA) is 0 Å². The van der Waals surface area contributed by atoms with E-state index in [1.54, 1.807) is 0 Å². The van der Waals surface area contributed by atoms with Crippen LogP contribution in [-0.4, -0.2) is 11.0 Å². The maximum Gasteiger partial charge on any atom is 0.0406 e. The third-order valence-corrected chi connectivity index (χ3v) is 4.70. The Balaban J connectivity index is 2.41. The number of hydrogen-bond donors (Lipinski definition) is 2. The molecule has 100 valence electrons. The van der Waals surface area contributed by atoms with Crippen LogP contribution in [0.4, 0.5) is 0 Å². The van der Waals surface area contributed by atoms with Crippen LogP contribution in [0.3, 0.4) is 0 Å². The maximum atomic E-state index is 5.94. The van der Waals surface area contributed by atoms with Gasteiger partial charge in [0.25, 0.3) is 0 Å². The standard InChI is InChI=1S/C15H14Cl2S2/c16-12-5-1-10(2-6-12)15(14(19)9-18)11-3-7-13(17)8-4-11/h1-8,14-15,18-19H,9H2. The Morgan fingerprint density at radius 1 is 0.789 bits per heavy atom. The van der Waals surface area contributed by atoms with Crippen molar-refractivity contribution in [3.63, 3.8) is 0 Å². The van der Waals surface area contributed by atoms with E-state index in [1.807, 2.05) is 48.5 Å². The van der Waals surface area contributed by atoms with Gasteiger partial charge in [-0.2, -0.15) is 25.3 Å². The molecule has 0 heterocycles. The fourth-order valence-electron chi connectivity index (χ4n) is 2.08. The summed E-state index contributed by atoms with van der Waals surface area (Å²) < 4.78 is 0. The molecule has 0 amide bonds. The number of benzene rings is 2. The number of rotatable bonds is 4. The van der Waals surface area contributed by atoms with E-state index in [1.165, 1.54) is 11.1 Å². The summed E-state index contributed by atoms with van der Waals surface area (Å²) in [7, 11) is 0. The van der Waals surface area contributed by atoms with Crippen LogP contribution in [0, 0.1) is 0 Å². The monoisotopic (exact) mass is 328 g/mol. The Hall–Kier alpha value is -0.280. The summed E-state index contributed by atoms with van der Waals surface area (Å²) in [4.78, 5) is 0. The maximum absolute atomic E-state index is 5.94. The molecular formula is C15H14Cl2S2. The van der Waals surface area contributed by atoms with Crippen molar-refractivity contribution in [3.05, 3.63) is 69.7 Å². The molecule has 2 aromatic rings. The highest BCUT2D eigenvalue weighted by Gasteiger charge is 2.21. The van der Waals surface area contributed by atoms with Gasteiger partial charge in [0.2, 0.25) is 0 Å². The molecule has 0 bridgehead atoms. The Morgan fingerprint density at radius 2 is 1.16 bits per heavy atom. The molecule has 0 aliphatic rings. The average molecular weight is 329 g/mol. The first-order valence-corrected chi connectivity index (χ1v) is 7.82. The Morgan fingerprint density at radius 3 is 1.47 bits per heavy atom. The van der Waals surface area contributed by atoms with E-state index < -0.39 is 0 Å². The van der Waals surface area contributed by atoms with Gasteiger partial charge in [0.05, 0.1) is 0 Å². The predicted molar refractivity (Wildman–Crippen MR) is 91.4 cm³/mol. The van der Waals surface area contributed by atoms with Gasteiger partial charge in [-0.15, -0.1) is 0 Å². The van der Waals surface area contributed by atoms with Crippen molar-refractivity contribution in [2.75, 3.05) is 5.75 Å². The summed E-state index contributed by atoms with van der Waals surface area (Å²) in [5.41, 5.74) is 2.36. The number of hydrogen-bond acceptors (Lipinski definition) is 2. The van der Waals surface area contributed by atoms with Crippen LogP contribution in [0.15, 0.2) is 48.5 Å². The van der Waals surface area contributed by atoms with Crippen LogP contribution in [0.25, 0.3) is 0 Å². The van der Waals surface area contributed by atoms with E-state index in [2.05, 4.69) is 25.3 Å². The number of thiol groups is 2. The lowest BCUT2D eigenvalue weighted by Crippen LogP contribution is -2.16.